The van der Waals surface area contributed by atoms with E-state index in [1.165, 1.54) is 18.9 Å². The molecule has 2 unspecified atom stereocenters. The number of rotatable bonds is 4. The summed E-state index contributed by atoms with van der Waals surface area (Å²) in [6.45, 7) is 3.54. The molecule has 1 aliphatic heterocycles. The van der Waals surface area contributed by atoms with Gasteiger partial charge in [0.2, 0.25) is 0 Å². The highest BCUT2D eigenvalue weighted by molar-refractivity contribution is 5.34. The van der Waals surface area contributed by atoms with Crippen LogP contribution in [-0.2, 0) is 6.54 Å². The van der Waals surface area contributed by atoms with Crippen LogP contribution in [0.4, 0.5) is 4.39 Å². The lowest BCUT2D eigenvalue weighted by Crippen LogP contribution is -2.36. The van der Waals surface area contributed by atoms with Gasteiger partial charge in [-0.15, -0.1) is 0 Å². The Morgan fingerprint density at radius 3 is 2.95 bits per heavy atom. The molecule has 114 valence electrons. The Kier molecular flexibility index (Phi) is 5.72. The van der Waals surface area contributed by atoms with Gasteiger partial charge in [-0.05, 0) is 50.4 Å². The first kappa shape index (κ1) is 15.9. The minimum Gasteiger partial charge on any atom is -0.393 e. The van der Waals surface area contributed by atoms with E-state index in [9.17, 15) is 9.50 Å². The third kappa shape index (κ3) is 4.52. The second kappa shape index (κ2) is 7.53. The molecule has 3 nitrogen and oxygen atoms in total. The van der Waals surface area contributed by atoms with Crippen LogP contribution in [0.2, 0.25) is 0 Å². The van der Waals surface area contributed by atoms with E-state index >= 15 is 0 Å². The van der Waals surface area contributed by atoms with Crippen LogP contribution < -0.4 is 0 Å². The number of nitriles is 1. The molecule has 21 heavy (non-hydrogen) atoms. The summed E-state index contributed by atoms with van der Waals surface area (Å²) in [6, 6.07) is 7.02. The van der Waals surface area contributed by atoms with Gasteiger partial charge < -0.3 is 5.11 Å². The largest absolute Gasteiger partial charge is 0.393 e. The molecule has 1 N–H and O–H groups in total. The fourth-order valence-electron chi connectivity index (χ4n) is 3.10. The van der Waals surface area contributed by atoms with Crippen LogP contribution in [-0.4, -0.2) is 28.7 Å². The van der Waals surface area contributed by atoms with E-state index in [1.807, 2.05) is 13.0 Å². The Labute approximate surface area is 126 Å². The van der Waals surface area contributed by atoms with Gasteiger partial charge in [0.1, 0.15) is 11.9 Å². The second-order valence-corrected chi connectivity index (χ2v) is 5.98. The lowest BCUT2D eigenvalue weighted by Gasteiger charge is -2.31. The van der Waals surface area contributed by atoms with Gasteiger partial charge in [-0.2, -0.15) is 5.26 Å². The van der Waals surface area contributed by atoms with Crippen LogP contribution in [0.1, 0.15) is 50.2 Å². The topological polar surface area (TPSA) is 47.3 Å². The van der Waals surface area contributed by atoms with Gasteiger partial charge in [0, 0.05) is 12.6 Å². The zero-order valence-corrected chi connectivity index (χ0v) is 12.6. The molecule has 0 saturated carbocycles. The smallest absolute Gasteiger partial charge is 0.140 e. The van der Waals surface area contributed by atoms with Crippen LogP contribution in [0, 0.1) is 17.1 Å². The summed E-state index contributed by atoms with van der Waals surface area (Å²) in [6.07, 6.45) is 5.13. The number of nitrogens with zero attached hydrogens (tertiary/aromatic N) is 2. The van der Waals surface area contributed by atoms with Crippen molar-refractivity contribution < 1.29 is 9.50 Å². The molecule has 0 spiro atoms. The number of benzene rings is 1. The van der Waals surface area contributed by atoms with Gasteiger partial charge in [0.25, 0.3) is 0 Å². The van der Waals surface area contributed by atoms with E-state index in [1.54, 1.807) is 12.1 Å². The first-order valence-electron chi connectivity index (χ1n) is 7.71. The number of aliphatic hydroxyl groups excluding tert-OH is 1. The third-order valence-electron chi connectivity index (χ3n) is 4.15. The maximum absolute atomic E-state index is 13.4. The highest BCUT2D eigenvalue weighted by Crippen LogP contribution is 2.23. The first-order chi connectivity index (χ1) is 10.1. The molecule has 0 amide bonds. The van der Waals surface area contributed by atoms with Crippen molar-refractivity contribution in [2.75, 3.05) is 6.54 Å². The average molecular weight is 290 g/mol. The van der Waals surface area contributed by atoms with E-state index in [4.69, 9.17) is 5.26 Å². The van der Waals surface area contributed by atoms with Crippen molar-refractivity contribution in [3.63, 3.8) is 0 Å². The highest BCUT2D eigenvalue weighted by atomic mass is 19.1. The van der Waals surface area contributed by atoms with Gasteiger partial charge in [-0.3, -0.25) is 4.90 Å². The van der Waals surface area contributed by atoms with E-state index in [-0.39, 0.29) is 11.7 Å². The molecule has 2 atom stereocenters. The third-order valence-corrected chi connectivity index (χ3v) is 4.15. The predicted octanol–water partition coefficient (Wildman–Crippen LogP) is 3.21. The van der Waals surface area contributed by atoms with Crippen molar-refractivity contribution in [3.05, 3.63) is 35.1 Å². The SMILES string of the molecule is CC(O)CC1CCCCCN1Cc1ccc(F)c(C#N)c1. The quantitative estimate of drug-likeness (QED) is 0.926. The Balaban J connectivity index is 2.12. The number of hydrogen-bond acceptors (Lipinski definition) is 3. The van der Waals surface area contributed by atoms with Crippen molar-refractivity contribution in [1.82, 2.24) is 4.90 Å². The van der Waals surface area contributed by atoms with Crippen molar-refractivity contribution in [2.24, 2.45) is 0 Å². The van der Waals surface area contributed by atoms with Gasteiger partial charge >= 0.3 is 0 Å². The van der Waals surface area contributed by atoms with Crippen molar-refractivity contribution in [2.45, 2.75) is 57.7 Å². The molecule has 1 fully saturated rings. The van der Waals surface area contributed by atoms with E-state index in [0.29, 0.717) is 12.6 Å². The van der Waals surface area contributed by atoms with Crippen molar-refractivity contribution in [3.8, 4) is 6.07 Å². The van der Waals surface area contributed by atoms with Crippen LogP contribution >= 0.6 is 0 Å². The maximum atomic E-state index is 13.4. The highest BCUT2D eigenvalue weighted by Gasteiger charge is 2.22. The molecule has 1 aliphatic rings. The summed E-state index contributed by atoms with van der Waals surface area (Å²) < 4.78 is 13.4. The van der Waals surface area contributed by atoms with Gasteiger partial charge in [0.15, 0.2) is 0 Å². The monoisotopic (exact) mass is 290 g/mol. The summed E-state index contributed by atoms with van der Waals surface area (Å²) >= 11 is 0. The van der Waals surface area contributed by atoms with E-state index in [2.05, 4.69) is 4.90 Å². The van der Waals surface area contributed by atoms with Crippen molar-refractivity contribution >= 4 is 0 Å². The Hall–Kier alpha value is -1.44. The zero-order valence-electron chi connectivity index (χ0n) is 12.6. The van der Waals surface area contributed by atoms with E-state index < -0.39 is 5.82 Å². The number of aliphatic hydroxyl groups is 1. The minimum absolute atomic E-state index is 0.106. The Morgan fingerprint density at radius 1 is 1.43 bits per heavy atom. The molecule has 1 heterocycles. The molecule has 1 aromatic rings. The van der Waals surface area contributed by atoms with Crippen LogP contribution in [0.3, 0.4) is 0 Å². The molecule has 0 radical (unpaired) electrons. The first-order valence-corrected chi connectivity index (χ1v) is 7.71. The second-order valence-electron chi connectivity index (χ2n) is 5.98. The molecule has 1 aromatic carbocycles. The zero-order chi connectivity index (χ0) is 15.2. The van der Waals surface area contributed by atoms with Crippen LogP contribution in [0.25, 0.3) is 0 Å². The lowest BCUT2D eigenvalue weighted by atomic mass is 10.0. The lowest BCUT2D eigenvalue weighted by molar-refractivity contribution is 0.108. The number of hydrogen-bond donors (Lipinski definition) is 1. The van der Waals surface area contributed by atoms with E-state index in [0.717, 1.165) is 31.4 Å². The average Bonchev–Trinajstić information content (AvgIpc) is 2.66. The van der Waals surface area contributed by atoms with Gasteiger partial charge in [0.05, 0.1) is 11.7 Å². The summed E-state index contributed by atoms with van der Waals surface area (Å²) in [5.74, 6) is -0.461. The minimum atomic E-state index is -0.461. The molecular weight excluding hydrogens is 267 g/mol. The molecule has 0 aromatic heterocycles. The maximum Gasteiger partial charge on any atom is 0.140 e. The fourth-order valence-corrected chi connectivity index (χ4v) is 3.10. The summed E-state index contributed by atoms with van der Waals surface area (Å²) in [5, 5.41) is 18.6. The molecule has 4 heteroatoms. The number of likely N-dealkylation sites (tertiary alicyclic amines) is 1. The fraction of sp³-hybridized carbons (Fsp3) is 0.588. The summed E-state index contributed by atoms with van der Waals surface area (Å²) in [4.78, 5) is 2.37. The van der Waals surface area contributed by atoms with Crippen LogP contribution in [0.15, 0.2) is 18.2 Å². The Bertz CT molecular complexity index is 510. The van der Waals surface area contributed by atoms with Gasteiger partial charge in [-0.25, -0.2) is 4.39 Å². The molecule has 1 saturated heterocycles. The molecular formula is C17H23FN2O. The standard InChI is InChI=1S/C17H23FN2O/c1-13(21)9-16-5-3-2-4-8-20(16)12-14-6-7-17(18)15(10-14)11-19/h6-7,10,13,16,21H,2-5,8-9,12H2,1H3. The molecule has 2 rings (SSSR count). The van der Waals surface area contributed by atoms with Crippen molar-refractivity contribution in [1.29, 1.82) is 5.26 Å². The predicted molar refractivity (Wildman–Crippen MR) is 80.1 cm³/mol. The number of halogens is 1. The Morgan fingerprint density at radius 2 is 2.24 bits per heavy atom. The molecule has 0 bridgehead atoms. The normalized spacial score (nSPS) is 21.5. The van der Waals surface area contributed by atoms with Gasteiger partial charge in [-0.1, -0.05) is 18.9 Å². The summed E-state index contributed by atoms with van der Waals surface area (Å²) in [7, 11) is 0. The molecule has 0 aliphatic carbocycles. The summed E-state index contributed by atoms with van der Waals surface area (Å²) in [5.41, 5.74) is 1.07. The van der Waals surface area contributed by atoms with Crippen LogP contribution in [0.5, 0.6) is 0 Å².